The Labute approximate surface area is 101 Å². The van der Waals surface area contributed by atoms with E-state index in [1.54, 1.807) is 6.20 Å². The predicted octanol–water partition coefficient (Wildman–Crippen LogP) is 3.12. The number of aromatic nitrogens is 1. The summed E-state index contributed by atoms with van der Waals surface area (Å²) < 4.78 is 0. The van der Waals surface area contributed by atoms with E-state index in [1.807, 2.05) is 50.2 Å². The predicted molar refractivity (Wildman–Crippen MR) is 68.2 cm³/mol. The number of aryl methyl sites for hydroxylation is 2. The van der Waals surface area contributed by atoms with E-state index in [4.69, 9.17) is 0 Å². The second-order valence-corrected chi connectivity index (χ2v) is 4.24. The number of hydrogen-bond donors (Lipinski definition) is 0. The molecule has 2 nitrogen and oxygen atoms in total. The number of rotatable bonds is 3. The van der Waals surface area contributed by atoms with Crippen molar-refractivity contribution < 1.29 is 4.79 Å². The fourth-order valence-electron chi connectivity index (χ4n) is 1.89. The minimum absolute atomic E-state index is 0.126. The Morgan fingerprint density at radius 3 is 2.65 bits per heavy atom. The molecule has 2 rings (SSSR count). The smallest absolute Gasteiger partial charge is 0.169 e. The van der Waals surface area contributed by atoms with Crippen molar-refractivity contribution in [1.82, 2.24) is 4.98 Å². The average molecular weight is 225 g/mol. The van der Waals surface area contributed by atoms with Crippen LogP contribution < -0.4 is 0 Å². The summed E-state index contributed by atoms with van der Waals surface area (Å²) in [6.45, 7) is 4.00. The van der Waals surface area contributed by atoms with Gasteiger partial charge in [0.2, 0.25) is 0 Å². The zero-order valence-electron chi connectivity index (χ0n) is 10.1. The summed E-state index contributed by atoms with van der Waals surface area (Å²) >= 11 is 0. The molecule has 86 valence electrons. The molecule has 2 heteroatoms. The molecule has 0 spiro atoms. The fraction of sp³-hybridized carbons (Fsp3) is 0.200. The van der Waals surface area contributed by atoms with Gasteiger partial charge in [0.25, 0.3) is 0 Å². The third-order valence-electron chi connectivity index (χ3n) is 2.75. The van der Waals surface area contributed by atoms with Crippen molar-refractivity contribution in [2.75, 3.05) is 0 Å². The number of ketones is 1. The zero-order valence-corrected chi connectivity index (χ0v) is 10.1. The fourth-order valence-corrected chi connectivity index (χ4v) is 1.89. The second kappa shape index (κ2) is 4.91. The Morgan fingerprint density at radius 2 is 2.00 bits per heavy atom. The standard InChI is InChI=1S/C15H15NO/c1-11-6-7-14(12(2)9-11)15(17)10-13-5-3-4-8-16-13/h3-9H,10H2,1-2H3. The van der Waals surface area contributed by atoms with Crippen molar-refractivity contribution in [3.8, 4) is 0 Å². The molecule has 1 aromatic carbocycles. The largest absolute Gasteiger partial charge is 0.294 e. The molecule has 0 aliphatic heterocycles. The first-order chi connectivity index (χ1) is 8.16. The summed E-state index contributed by atoms with van der Waals surface area (Å²) in [7, 11) is 0. The first-order valence-electron chi connectivity index (χ1n) is 5.67. The van der Waals surface area contributed by atoms with Gasteiger partial charge in [-0.15, -0.1) is 0 Å². The Morgan fingerprint density at radius 1 is 1.18 bits per heavy atom. The van der Waals surface area contributed by atoms with Gasteiger partial charge in [-0.2, -0.15) is 0 Å². The SMILES string of the molecule is Cc1ccc(C(=O)Cc2ccccn2)c(C)c1. The van der Waals surface area contributed by atoms with Gasteiger partial charge in [0, 0.05) is 17.5 Å². The number of carbonyl (C=O) groups excluding carboxylic acids is 1. The molecule has 0 bridgehead atoms. The first-order valence-corrected chi connectivity index (χ1v) is 5.67. The van der Waals surface area contributed by atoms with Gasteiger partial charge in [0.15, 0.2) is 5.78 Å². The number of Topliss-reactive ketones (excluding diaryl/α,β-unsaturated/α-hetero) is 1. The Balaban J connectivity index is 2.21. The quantitative estimate of drug-likeness (QED) is 0.751. The molecule has 0 saturated carbocycles. The molecule has 1 aromatic heterocycles. The molecule has 0 N–H and O–H groups in total. The van der Waals surface area contributed by atoms with Crippen LogP contribution in [0.4, 0.5) is 0 Å². The zero-order chi connectivity index (χ0) is 12.3. The van der Waals surface area contributed by atoms with E-state index in [0.29, 0.717) is 6.42 Å². The van der Waals surface area contributed by atoms with Crippen LogP contribution in [0.2, 0.25) is 0 Å². The van der Waals surface area contributed by atoms with Crippen LogP contribution in [0.1, 0.15) is 27.2 Å². The van der Waals surface area contributed by atoms with E-state index in [0.717, 1.165) is 16.8 Å². The van der Waals surface area contributed by atoms with E-state index in [-0.39, 0.29) is 5.78 Å². The van der Waals surface area contributed by atoms with Crippen molar-refractivity contribution in [3.63, 3.8) is 0 Å². The third kappa shape index (κ3) is 2.78. The minimum atomic E-state index is 0.126. The molecular weight excluding hydrogens is 210 g/mol. The maximum absolute atomic E-state index is 12.1. The van der Waals surface area contributed by atoms with Gasteiger partial charge >= 0.3 is 0 Å². The third-order valence-corrected chi connectivity index (χ3v) is 2.75. The van der Waals surface area contributed by atoms with Crippen LogP contribution in [-0.2, 0) is 6.42 Å². The molecule has 0 unspecified atom stereocenters. The van der Waals surface area contributed by atoms with E-state index < -0.39 is 0 Å². The van der Waals surface area contributed by atoms with Crippen LogP contribution in [0.5, 0.6) is 0 Å². The lowest BCUT2D eigenvalue weighted by Crippen LogP contribution is -2.06. The van der Waals surface area contributed by atoms with Crippen molar-refractivity contribution in [2.24, 2.45) is 0 Å². The average Bonchev–Trinajstić information content (AvgIpc) is 2.30. The summed E-state index contributed by atoms with van der Waals surface area (Å²) in [6, 6.07) is 11.5. The maximum Gasteiger partial charge on any atom is 0.169 e. The molecule has 2 aromatic rings. The molecule has 0 saturated heterocycles. The van der Waals surface area contributed by atoms with E-state index in [9.17, 15) is 4.79 Å². The number of carbonyl (C=O) groups is 1. The summed E-state index contributed by atoms with van der Waals surface area (Å²) in [5.74, 6) is 0.126. The van der Waals surface area contributed by atoms with Crippen LogP contribution in [0, 0.1) is 13.8 Å². The summed E-state index contributed by atoms with van der Waals surface area (Å²) in [5, 5.41) is 0. The normalized spacial score (nSPS) is 10.2. The molecule has 1 heterocycles. The highest BCUT2D eigenvalue weighted by atomic mass is 16.1. The lowest BCUT2D eigenvalue weighted by atomic mass is 9.99. The Kier molecular flexibility index (Phi) is 3.33. The lowest BCUT2D eigenvalue weighted by Gasteiger charge is -2.05. The van der Waals surface area contributed by atoms with E-state index in [1.165, 1.54) is 5.56 Å². The molecule has 0 fully saturated rings. The van der Waals surface area contributed by atoms with Gasteiger partial charge in [0.05, 0.1) is 6.42 Å². The molecular formula is C15H15NO. The van der Waals surface area contributed by atoms with Crippen LogP contribution >= 0.6 is 0 Å². The first kappa shape index (κ1) is 11.5. The minimum Gasteiger partial charge on any atom is -0.294 e. The van der Waals surface area contributed by atoms with Gasteiger partial charge in [-0.05, 0) is 31.5 Å². The lowest BCUT2D eigenvalue weighted by molar-refractivity contribution is 0.0991. The Hall–Kier alpha value is -1.96. The molecule has 0 aliphatic carbocycles. The van der Waals surface area contributed by atoms with Crippen molar-refractivity contribution in [3.05, 3.63) is 65.0 Å². The van der Waals surface area contributed by atoms with E-state index in [2.05, 4.69) is 4.98 Å². The van der Waals surface area contributed by atoms with Gasteiger partial charge in [-0.25, -0.2) is 0 Å². The maximum atomic E-state index is 12.1. The molecule has 0 amide bonds. The van der Waals surface area contributed by atoms with Gasteiger partial charge in [-0.1, -0.05) is 29.8 Å². The van der Waals surface area contributed by atoms with Crippen LogP contribution in [0.25, 0.3) is 0 Å². The topological polar surface area (TPSA) is 30.0 Å². The number of pyridine rings is 1. The van der Waals surface area contributed by atoms with Crippen LogP contribution in [0.15, 0.2) is 42.6 Å². The van der Waals surface area contributed by atoms with Crippen molar-refractivity contribution in [2.45, 2.75) is 20.3 Å². The molecule has 0 radical (unpaired) electrons. The van der Waals surface area contributed by atoms with Crippen LogP contribution in [0.3, 0.4) is 0 Å². The van der Waals surface area contributed by atoms with E-state index >= 15 is 0 Å². The second-order valence-electron chi connectivity index (χ2n) is 4.24. The number of nitrogens with zero attached hydrogens (tertiary/aromatic N) is 1. The molecule has 17 heavy (non-hydrogen) atoms. The monoisotopic (exact) mass is 225 g/mol. The highest BCUT2D eigenvalue weighted by molar-refractivity contribution is 5.98. The highest BCUT2D eigenvalue weighted by Crippen LogP contribution is 2.13. The summed E-state index contributed by atoms with van der Waals surface area (Å²) in [5.41, 5.74) is 3.82. The van der Waals surface area contributed by atoms with Crippen molar-refractivity contribution >= 4 is 5.78 Å². The van der Waals surface area contributed by atoms with Gasteiger partial charge < -0.3 is 0 Å². The van der Waals surface area contributed by atoms with Crippen molar-refractivity contribution in [1.29, 1.82) is 0 Å². The summed E-state index contributed by atoms with van der Waals surface area (Å²) in [4.78, 5) is 16.3. The molecule has 0 aliphatic rings. The van der Waals surface area contributed by atoms with Crippen LogP contribution in [-0.4, -0.2) is 10.8 Å². The van der Waals surface area contributed by atoms with Gasteiger partial charge in [-0.3, -0.25) is 9.78 Å². The highest BCUT2D eigenvalue weighted by Gasteiger charge is 2.10. The Bertz CT molecular complexity index is 532. The van der Waals surface area contributed by atoms with Gasteiger partial charge in [0.1, 0.15) is 0 Å². The number of hydrogen-bond acceptors (Lipinski definition) is 2. The number of benzene rings is 1. The molecule has 0 atom stereocenters. The summed E-state index contributed by atoms with van der Waals surface area (Å²) in [6.07, 6.45) is 2.08.